The van der Waals surface area contributed by atoms with Crippen LogP contribution < -0.4 is 11.1 Å². The molecular formula is C16H26N2. The van der Waals surface area contributed by atoms with Crippen LogP contribution in [0.5, 0.6) is 0 Å². The molecule has 0 amide bonds. The van der Waals surface area contributed by atoms with E-state index in [4.69, 9.17) is 5.73 Å². The fourth-order valence-electron chi connectivity index (χ4n) is 2.73. The smallest absolute Gasteiger partial charge is 0.0205 e. The van der Waals surface area contributed by atoms with Gasteiger partial charge in [-0.25, -0.2) is 0 Å². The predicted octanol–water partition coefficient (Wildman–Crippen LogP) is 2.91. The van der Waals surface area contributed by atoms with Crippen LogP contribution in [-0.2, 0) is 6.54 Å². The van der Waals surface area contributed by atoms with Crippen LogP contribution in [0, 0.1) is 19.8 Å². The lowest BCUT2D eigenvalue weighted by Gasteiger charge is -2.26. The number of benzene rings is 1. The van der Waals surface area contributed by atoms with Crippen molar-refractivity contribution < 1.29 is 0 Å². The zero-order valence-electron chi connectivity index (χ0n) is 11.7. The van der Waals surface area contributed by atoms with Crippen molar-refractivity contribution in [3.63, 3.8) is 0 Å². The highest BCUT2D eigenvalue weighted by Crippen LogP contribution is 2.22. The fourth-order valence-corrected chi connectivity index (χ4v) is 2.73. The molecule has 0 radical (unpaired) electrons. The number of hydrogen-bond donors (Lipinski definition) is 2. The lowest BCUT2D eigenvalue weighted by molar-refractivity contribution is 0.314. The maximum Gasteiger partial charge on any atom is 0.0205 e. The summed E-state index contributed by atoms with van der Waals surface area (Å²) >= 11 is 0. The molecule has 2 nitrogen and oxygen atoms in total. The number of nitrogens with two attached hydrogens (primary N) is 1. The van der Waals surface area contributed by atoms with Gasteiger partial charge in [-0.3, -0.25) is 0 Å². The number of rotatable bonds is 4. The molecule has 0 unspecified atom stereocenters. The van der Waals surface area contributed by atoms with Gasteiger partial charge in [-0.2, -0.15) is 0 Å². The van der Waals surface area contributed by atoms with Crippen LogP contribution in [0.1, 0.15) is 42.4 Å². The van der Waals surface area contributed by atoms with Crippen molar-refractivity contribution in [3.8, 4) is 0 Å². The minimum Gasteiger partial charge on any atom is -0.328 e. The summed E-state index contributed by atoms with van der Waals surface area (Å²) < 4.78 is 0. The summed E-state index contributed by atoms with van der Waals surface area (Å²) in [5.74, 6) is 0.830. The van der Waals surface area contributed by atoms with E-state index in [9.17, 15) is 0 Å². The molecule has 1 aliphatic carbocycles. The Balaban J connectivity index is 1.73. The molecule has 2 rings (SSSR count). The number of nitrogens with one attached hydrogen (secondary N) is 1. The van der Waals surface area contributed by atoms with Gasteiger partial charge in [-0.15, -0.1) is 0 Å². The van der Waals surface area contributed by atoms with E-state index in [1.54, 1.807) is 0 Å². The van der Waals surface area contributed by atoms with Crippen molar-refractivity contribution in [1.29, 1.82) is 0 Å². The molecule has 0 bridgehead atoms. The van der Waals surface area contributed by atoms with Crippen molar-refractivity contribution in [3.05, 3.63) is 34.9 Å². The third-order valence-corrected chi connectivity index (χ3v) is 4.22. The summed E-state index contributed by atoms with van der Waals surface area (Å²) in [7, 11) is 0. The van der Waals surface area contributed by atoms with E-state index in [0.29, 0.717) is 6.04 Å². The van der Waals surface area contributed by atoms with E-state index in [1.165, 1.54) is 42.4 Å². The lowest BCUT2D eigenvalue weighted by atomic mass is 9.86. The molecule has 0 atom stereocenters. The second-order valence-electron chi connectivity index (χ2n) is 5.83. The summed E-state index contributed by atoms with van der Waals surface area (Å²) in [5.41, 5.74) is 10.1. The van der Waals surface area contributed by atoms with E-state index >= 15 is 0 Å². The Morgan fingerprint density at radius 3 is 2.50 bits per heavy atom. The molecule has 1 aliphatic rings. The molecule has 0 heterocycles. The second-order valence-corrected chi connectivity index (χ2v) is 5.83. The SMILES string of the molecule is Cc1ccc(CNCC2CCC(N)CC2)cc1C. The van der Waals surface area contributed by atoms with E-state index in [2.05, 4.69) is 37.4 Å². The molecule has 1 fully saturated rings. The Kier molecular flexibility index (Phi) is 4.79. The molecule has 0 spiro atoms. The van der Waals surface area contributed by atoms with Crippen LogP contribution in [0.3, 0.4) is 0 Å². The molecule has 0 saturated heterocycles. The molecule has 0 aliphatic heterocycles. The molecule has 1 aromatic rings. The van der Waals surface area contributed by atoms with Gasteiger partial charge in [0.2, 0.25) is 0 Å². The van der Waals surface area contributed by atoms with Crippen LogP contribution in [0.15, 0.2) is 18.2 Å². The first kappa shape index (κ1) is 13.6. The van der Waals surface area contributed by atoms with Gasteiger partial charge in [0.15, 0.2) is 0 Å². The maximum atomic E-state index is 5.93. The van der Waals surface area contributed by atoms with Crippen LogP contribution >= 0.6 is 0 Å². The largest absolute Gasteiger partial charge is 0.328 e. The molecule has 2 heteroatoms. The van der Waals surface area contributed by atoms with Crippen LogP contribution in [0.25, 0.3) is 0 Å². The zero-order chi connectivity index (χ0) is 13.0. The first-order chi connectivity index (χ1) is 8.65. The standard InChI is InChI=1S/C16H26N2/c1-12-3-4-15(9-13(12)2)11-18-10-14-5-7-16(17)8-6-14/h3-4,9,14,16,18H,5-8,10-11,17H2,1-2H3. The van der Waals surface area contributed by atoms with E-state index in [1.807, 2.05) is 0 Å². The van der Waals surface area contributed by atoms with E-state index in [-0.39, 0.29) is 0 Å². The highest BCUT2D eigenvalue weighted by Gasteiger charge is 2.17. The van der Waals surface area contributed by atoms with Crippen molar-refractivity contribution in [2.45, 2.75) is 52.1 Å². The number of aryl methyl sites for hydroxylation is 2. The first-order valence-electron chi connectivity index (χ1n) is 7.17. The molecular weight excluding hydrogens is 220 g/mol. The predicted molar refractivity (Wildman–Crippen MR) is 77.6 cm³/mol. The van der Waals surface area contributed by atoms with Gasteiger partial charge in [-0.1, -0.05) is 18.2 Å². The highest BCUT2D eigenvalue weighted by molar-refractivity contribution is 5.29. The molecule has 18 heavy (non-hydrogen) atoms. The third kappa shape index (κ3) is 3.82. The maximum absolute atomic E-state index is 5.93. The minimum absolute atomic E-state index is 0.459. The van der Waals surface area contributed by atoms with Crippen LogP contribution in [0.2, 0.25) is 0 Å². The van der Waals surface area contributed by atoms with E-state index < -0.39 is 0 Å². The van der Waals surface area contributed by atoms with Gasteiger partial charge in [-0.05, 0) is 68.7 Å². The van der Waals surface area contributed by atoms with Crippen molar-refractivity contribution in [2.24, 2.45) is 11.7 Å². The topological polar surface area (TPSA) is 38.0 Å². The lowest BCUT2D eigenvalue weighted by Crippen LogP contribution is -2.31. The highest BCUT2D eigenvalue weighted by atomic mass is 14.9. The Morgan fingerprint density at radius 2 is 1.83 bits per heavy atom. The third-order valence-electron chi connectivity index (χ3n) is 4.22. The normalized spacial score (nSPS) is 24.2. The van der Waals surface area contributed by atoms with Crippen molar-refractivity contribution >= 4 is 0 Å². The monoisotopic (exact) mass is 246 g/mol. The second kappa shape index (κ2) is 6.35. The molecule has 1 aromatic carbocycles. The Labute approximate surface area is 111 Å². The Morgan fingerprint density at radius 1 is 1.11 bits per heavy atom. The quantitative estimate of drug-likeness (QED) is 0.857. The average molecular weight is 246 g/mol. The Hall–Kier alpha value is -0.860. The summed E-state index contributed by atoms with van der Waals surface area (Å²) in [6, 6.07) is 7.19. The summed E-state index contributed by atoms with van der Waals surface area (Å²) in [6.07, 6.45) is 4.99. The van der Waals surface area contributed by atoms with Crippen molar-refractivity contribution in [1.82, 2.24) is 5.32 Å². The average Bonchev–Trinajstić information content (AvgIpc) is 2.36. The van der Waals surface area contributed by atoms with Gasteiger partial charge in [0.05, 0.1) is 0 Å². The van der Waals surface area contributed by atoms with Gasteiger partial charge in [0, 0.05) is 12.6 Å². The summed E-state index contributed by atoms with van der Waals surface area (Å²) in [4.78, 5) is 0. The summed E-state index contributed by atoms with van der Waals surface area (Å²) in [5, 5.41) is 3.59. The fraction of sp³-hybridized carbons (Fsp3) is 0.625. The van der Waals surface area contributed by atoms with Crippen molar-refractivity contribution in [2.75, 3.05) is 6.54 Å². The van der Waals surface area contributed by atoms with Gasteiger partial charge >= 0.3 is 0 Å². The molecule has 3 N–H and O–H groups in total. The zero-order valence-corrected chi connectivity index (χ0v) is 11.7. The first-order valence-corrected chi connectivity index (χ1v) is 7.17. The molecule has 0 aromatic heterocycles. The summed E-state index contributed by atoms with van der Waals surface area (Å²) in [6.45, 7) is 6.47. The molecule has 1 saturated carbocycles. The van der Waals surface area contributed by atoms with Crippen LogP contribution in [-0.4, -0.2) is 12.6 Å². The molecule has 100 valence electrons. The van der Waals surface area contributed by atoms with Gasteiger partial charge in [0.25, 0.3) is 0 Å². The minimum atomic E-state index is 0.459. The number of hydrogen-bond acceptors (Lipinski definition) is 2. The van der Waals surface area contributed by atoms with Gasteiger partial charge in [0.1, 0.15) is 0 Å². The van der Waals surface area contributed by atoms with E-state index in [0.717, 1.165) is 19.0 Å². The Bertz CT molecular complexity index is 379. The van der Waals surface area contributed by atoms with Crippen LogP contribution in [0.4, 0.5) is 0 Å². The van der Waals surface area contributed by atoms with Gasteiger partial charge < -0.3 is 11.1 Å².